The lowest BCUT2D eigenvalue weighted by Gasteiger charge is -2.34. The van der Waals surface area contributed by atoms with Crippen LogP contribution >= 0.6 is 0 Å². The summed E-state index contributed by atoms with van der Waals surface area (Å²) in [6, 6.07) is 4.99. The van der Waals surface area contributed by atoms with E-state index in [2.05, 4.69) is 0 Å². The van der Waals surface area contributed by atoms with E-state index in [-0.39, 0.29) is 11.8 Å². The SMILES string of the molecule is COc1cc(N)ccc1C(=O)N1CCN(C(C)=O)CC1. The molecular weight excluding hydrogens is 258 g/mol. The maximum atomic E-state index is 12.5. The van der Waals surface area contributed by atoms with Crippen molar-refractivity contribution in [2.45, 2.75) is 6.92 Å². The third kappa shape index (κ3) is 2.84. The van der Waals surface area contributed by atoms with Crippen LogP contribution in [0.4, 0.5) is 5.69 Å². The van der Waals surface area contributed by atoms with Crippen molar-refractivity contribution in [1.29, 1.82) is 0 Å². The molecule has 1 aliphatic heterocycles. The van der Waals surface area contributed by atoms with Gasteiger partial charge in [0.15, 0.2) is 0 Å². The van der Waals surface area contributed by atoms with E-state index in [9.17, 15) is 9.59 Å². The van der Waals surface area contributed by atoms with Crippen LogP contribution in [-0.4, -0.2) is 54.9 Å². The van der Waals surface area contributed by atoms with Crippen LogP contribution in [0, 0.1) is 0 Å². The Morgan fingerprint density at radius 3 is 2.30 bits per heavy atom. The molecule has 6 heteroatoms. The Kier molecular flexibility index (Phi) is 4.12. The molecule has 0 aromatic heterocycles. The molecule has 2 N–H and O–H groups in total. The highest BCUT2D eigenvalue weighted by Gasteiger charge is 2.25. The van der Waals surface area contributed by atoms with Gasteiger partial charge in [-0.05, 0) is 12.1 Å². The zero-order chi connectivity index (χ0) is 14.7. The summed E-state index contributed by atoms with van der Waals surface area (Å²) in [5, 5.41) is 0. The van der Waals surface area contributed by atoms with E-state index in [1.165, 1.54) is 7.11 Å². The maximum absolute atomic E-state index is 12.5. The highest BCUT2D eigenvalue weighted by atomic mass is 16.5. The normalized spacial score (nSPS) is 15.1. The Bertz CT molecular complexity index is 522. The van der Waals surface area contributed by atoms with E-state index in [1.807, 2.05) is 0 Å². The summed E-state index contributed by atoms with van der Waals surface area (Å²) in [6.07, 6.45) is 0. The fourth-order valence-corrected chi connectivity index (χ4v) is 2.28. The summed E-state index contributed by atoms with van der Waals surface area (Å²) >= 11 is 0. The molecule has 1 aromatic rings. The molecule has 2 rings (SSSR count). The minimum Gasteiger partial charge on any atom is -0.496 e. The average Bonchev–Trinajstić information content (AvgIpc) is 2.46. The molecule has 0 spiro atoms. The molecular formula is C14H19N3O3. The van der Waals surface area contributed by atoms with E-state index in [0.29, 0.717) is 43.2 Å². The number of methoxy groups -OCH3 is 1. The molecule has 0 aliphatic carbocycles. The lowest BCUT2D eigenvalue weighted by molar-refractivity contribution is -0.130. The van der Waals surface area contributed by atoms with Crippen molar-refractivity contribution in [2.75, 3.05) is 39.0 Å². The zero-order valence-electron chi connectivity index (χ0n) is 11.8. The van der Waals surface area contributed by atoms with Gasteiger partial charge in [-0.3, -0.25) is 9.59 Å². The fraction of sp³-hybridized carbons (Fsp3) is 0.429. The van der Waals surface area contributed by atoms with Gasteiger partial charge in [0.25, 0.3) is 5.91 Å². The first-order valence-corrected chi connectivity index (χ1v) is 6.51. The molecule has 1 aliphatic rings. The van der Waals surface area contributed by atoms with Gasteiger partial charge in [0.1, 0.15) is 5.75 Å². The van der Waals surface area contributed by atoms with Gasteiger partial charge >= 0.3 is 0 Å². The van der Waals surface area contributed by atoms with Crippen molar-refractivity contribution in [3.8, 4) is 5.75 Å². The Morgan fingerprint density at radius 2 is 1.75 bits per heavy atom. The number of amides is 2. The van der Waals surface area contributed by atoms with Crippen LogP contribution in [0.1, 0.15) is 17.3 Å². The topological polar surface area (TPSA) is 75.9 Å². The molecule has 0 unspecified atom stereocenters. The number of nitrogen functional groups attached to an aromatic ring is 1. The second-order valence-corrected chi connectivity index (χ2v) is 4.76. The molecule has 1 saturated heterocycles. The van der Waals surface area contributed by atoms with Gasteiger partial charge in [0.2, 0.25) is 5.91 Å². The summed E-state index contributed by atoms with van der Waals surface area (Å²) < 4.78 is 5.21. The van der Waals surface area contributed by atoms with E-state index >= 15 is 0 Å². The predicted molar refractivity (Wildman–Crippen MR) is 75.6 cm³/mol. The summed E-state index contributed by atoms with van der Waals surface area (Å²) in [5.41, 5.74) is 6.74. The van der Waals surface area contributed by atoms with Crippen molar-refractivity contribution < 1.29 is 14.3 Å². The number of piperazine rings is 1. The first-order valence-electron chi connectivity index (χ1n) is 6.51. The molecule has 2 amide bonds. The van der Waals surface area contributed by atoms with Crippen LogP contribution < -0.4 is 10.5 Å². The number of carbonyl (C=O) groups excluding carboxylic acids is 2. The molecule has 0 atom stereocenters. The van der Waals surface area contributed by atoms with Crippen LogP contribution in [0.3, 0.4) is 0 Å². The summed E-state index contributed by atoms with van der Waals surface area (Å²) in [6.45, 7) is 3.75. The maximum Gasteiger partial charge on any atom is 0.257 e. The number of nitrogens with zero attached hydrogens (tertiary/aromatic N) is 2. The smallest absolute Gasteiger partial charge is 0.257 e. The number of hydrogen-bond acceptors (Lipinski definition) is 4. The second-order valence-electron chi connectivity index (χ2n) is 4.76. The van der Waals surface area contributed by atoms with Gasteiger partial charge in [-0.1, -0.05) is 0 Å². The summed E-state index contributed by atoms with van der Waals surface area (Å²) in [4.78, 5) is 27.2. The second kappa shape index (κ2) is 5.81. The number of rotatable bonds is 2. The Balaban J connectivity index is 2.11. The van der Waals surface area contributed by atoms with E-state index in [4.69, 9.17) is 10.5 Å². The van der Waals surface area contributed by atoms with Gasteiger partial charge in [0, 0.05) is 44.9 Å². The van der Waals surface area contributed by atoms with Crippen LogP contribution in [0.25, 0.3) is 0 Å². The molecule has 0 radical (unpaired) electrons. The van der Waals surface area contributed by atoms with Gasteiger partial charge in [0.05, 0.1) is 12.7 Å². The van der Waals surface area contributed by atoms with Crippen LogP contribution in [0.5, 0.6) is 5.75 Å². The lowest BCUT2D eigenvalue weighted by atomic mass is 10.1. The Hall–Kier alpha value is -2.24. The van der Waals surface area contributed by atoms with Gasteiger partial charge in [-0.25, -0.2) is 0 Å². The average molecular weight is 277 g/mol. The first-order chi connectivity index (χ1) is 9.52. The van der Waals surface area contributed by atoms with Crippen molar-refractivity contribution in [3.05, 3.63) is 23.8 Å². The zero-order valence-corrected chi connectivity index (χ0v) is 11.8. The fourth-order valence-electron chi connectivity index (χ4n) is 2.28. The van der Waals surface area contributed by atoms with Gasteiger partial charge in [-0.2, -0.15) is 0 Å². The first kappa shape index (κ1) is 14.2. The van der Waals surface area contributed by atoms with Crippen molar-refractivity contribution in [2.24, 2.45) is 0 Å². The molecule has 6 nitrogen and oxygen atoms in total. The molecule has 0 saturated carbocycles. The van der Waals surface area contributed by atoms with Crippen LogP contribution in [-0.2, 0) is 4.79 Å². The number of nitrogens with two attached hydrogens (primary N) is 1. The molecule has 20 heavy (non-hydrogen) atoms. The predicted octanol–water partition coefficient (Wildman–Crippen LogP) is 0.582. The molecule has 1 aromatic carbocycles. The van der Waals surface area contributed by atoms with Gasteiger partial charge in [-0.15, -0.1) is 0 Å². The summed E-state index contributed by atoms with van der Waals surface area (Å²) in [7, 11) is 1.51. The molecule has 1 fully saturated rings. The highest BCUT2D eigenvalue weighted by Crippen LogP contribution is 2.23. The highest BCUT2D eigenvalue weighted by molar-refractivity contribution is 5.97. The lowest BCUT2D eigenvalue weighted by Crippen LogP contribution is -2.50. The third-order valence-electron chi connectivity index (χ3n) is 3.47. The number of benzene rings is 1. The largest absolute Gasteiger partial charge is 0.496 e. The Morgan fingerprint density at radius 1 is 1.15 bits per heavy atom. The quantitative estimate of drug-likeness (QED) is 0.802. The molecule has 108 valence electrons. The van der Waals surface area contributed by atoms with Crippen molar-refractivity contribution in [3.63, 3.8) is 0 Å². The minimum atomic E-state index is -0.0925. The van der Waals surface area contributed by atoms with Crippen molar-refractivity contribution >= 4 is 17.5 Å². The summed E-state index contributed by atoms with van der Waals surface area (Å²) in [5.74, 6) is 0.427. The number of ether oxygens (including phenoxy) is 1. The number of carbonyl (C=O) groups is 2. The van der Waals surface area contributed by atoms with E-state index in [1.54, 1.807) is 34.9 Å². The molecule has 0 bridgehead atoms. The molecule has 1 heterocycles. The Labute approximate surface area is 118 Å². The standard InChI is InChI=1S/C14H19N3O3/c1-10(18)16-5-7-17(8-6-16)14(19)12-4-3-11(15)9-13(12)20-2/h3-4,9H,5-8,15H2,1-2H3. The van der Waals surface area contributed by atoms with E-state index in [0.717, 1.165) is 0 Å². The monoisotopic (exact) mass is 277 g/mol. The van der Waals surface area contributed by atoms with Crippen molar-refractivity contribution in [1.82, 2.24) is 9.80 Å². The van der Waals surface area contributed by atoms with Crippen LogP contribution in [0.15, 0.2) is 18.2 Å². The van der Waals surface area contributed by atoms with Gasteiger partial charge < -0.3 is 20.3 Å². The minimum absolute atomic E-state index is 0.0437. The number of anilines is 1. The number of hydrogen-bond donors (Lipinski definition) is 1. The third-order valence-corrected chi connectivity index (χ3v) is 3.47. The van der Waals surface area contributed by atoms with E-state index < -0.39 is 0 Å². The van der Waals surface area contributed by atoms with Crippen LogP contribution in [0.2, 0.25) is 0 Å².